The Morgan fingerprint density at radius 1 is 1.21 bits per heavy atom. The summed E-state index contributed by atoms with van der Waals surface area (Å²) >= 11 is 0. The van der Waals surface area contributed by atoms with Crippen LogP contribution in [0.15, 0.2) is 24.3 Å². The summed E-state index contributed by atoms with van der Waals surface area (Å²) in [6, 6.07) is 5.39. The van der Waals surface area contributed by atoms with Crippen LogP contribution in [0.25, 0.3) is 0 Å². The monoisotopic (exact) mass is 343 g/mol. The van der Waals surface area contributed by atoms with Gasteiger partial charge in [0.05, 0.1) is 12.6 Å². The van der Waals surface area contributed by atoms with E-state index in [-0.39, 0.29) is 11.9 Å². The van der Waals surface area contributed by atoms with Gasteiger partial charge in [0, 0.05) is 11.6 Å². The van der Waals surface area contributed by atoms with Crippen LogP contribution in [0, 0.1) is 5.92 Å². The van der Waals surface area contributed by atoms with Crippen LogP contribution in [0.5, 0.6) is 0 Å². The normalized spacial score (nSPS) is 22.9. The second kappa shape index (κ2) is 8.01. The third-order valence-electron chi connectivity index (χ3n) is 4.71. The van der Waals surface area contributed by atoms with E-state index in [9.17, 15) is 18.0 Å². The van der Waals surface area contributed by atoms with Crippen molar-refractivity contribution in [3.05, 3.63) is 35.4 Å². The molecule has 2 N–H and O–H groups in total. The maximum Gasteiger partial charge on any atom is 0.416 e. The van der Waals surface area contributed by atoms with Crippen molar-refractivity contribution < 1.29 is 22.9 Å². The van der Waals surface area contributed by atoms with Crippen molar-refractivity contribution in [1.29, 1.82) is 0 Å². The molecule has 0 saturated heterocycles. The molecule has 0 radical (unpaired) electrons. The molecule has 1 aliphatic rings. The van der Waals surface area contributed by atoms with Crippen molar-refractivity contribution in [2.24, 2.45) is 5.92 Å². The van der Waals surface area contributed by atoms with E-state index in [1.807, 2.05) is 7.05 Å². The Kier molecular flexibility index (Phi) is 6.27. The number of hydrogen-bond acceptors (Lipinski definition) is 1. The molecule has 1 amide bonds. The highest BCUT2D eigenvalue weighted by atomic mass is 19.4. The fourth-order valence-electron chi connectivity index (χ4n) is 3.29. The van der Waals surface area contributed by atoms with Gasteiger partial charge in [-0.2, -0.15) is 13.2 Å². The van der Waals surface area contributed by atoms with Gasteiger partial charge in [-0.3, -0.25) is 4.79 Å². The lowest BCUT2D eigenvalue weighted by atomic mass is 9.86. The minimum atomic E-state index is -4.31. The molecule has 3 nitrogen and oxygen atoms in total. The molecule has 3 atom stereocenters. The predicted molar refractivity (Wildman–Crippen MR) is 86.5 cm³/mol. The number of nitrogens with one attached hydrogen (secondary N) is 2. The molecule has 1 fully saturated rings. The number of alkyl halides is 3. The maximum atomic E-state index is 12.6. The molecule has 134 valence electrons. The Morgan fingerprint density at radius 2 is 1.83 bits per heavy atom. The van der Waals surface area contributed by atoms with Gasteiger partial charge in [0.1, 0.15) is 6.54 Å². The average molecular weight is 343 g/mol. The highest BCUT2D eigenvalue weighted by molar-refractivity contribution is 5.77. The molecule has 2 rings (SSSR count). The van der Waals surface area contributed by atoms with E-state index in [1.54, 1.807) is 0 Å². The zero-order valence-electron chi connectivity index (χ0n) is 14.2. The number of carbonyl (C=O) groups is 1. The topological polar surface area (TPSA) is 33.5 Å². The highest BCUT2D eigenvalue weighted by Gasteiger charge is 2.30. The molecule has 1 unspecified atom stereocenters. The molecule has 6 heteroatoms. The van der Waals surface area contributed by atoms with E-state index in [0.29, 0.717) is 19.0 Å². The van der Waals surface area contributed by atoms with E-state index in [1.165, 1.54) is 18.6 Å². The minimum Gasteiger partial charge on any atom is -0.348 e. The van der Waals surface area contributed by atoms with Crippen molar-refractivity contribution in [3.63, 3.8) is 0 Å². The summed E-state index contributed by atoms with van der Waals surface area (Å²) in [6.07, 6.45) is 0.258. The number of benzene rings is 1. The summed E-state index contributed by atoms with van der Waals surface area (Å²) < 4.78 is 37.7. The number of halogens is 3. The standard InChI is InChI=1S/C18H25F3N2O/c1-13-5-3-4-6-16(13)22-17(24)12-23(2)11-14-7-9-15(10-8-14)18(19,20)21/h7-10,13,16H,3-6,11-12H2,1-2H3,(H,22,24)/p+1/t13-,16+/m0/s1. The summed E-state index contributed by atoms with van der Waals surface area (Å²) in [4.78, 5) is 13.1. The largest absolute Gasteiger partial charge is 0.416 e. The van der Waals surface area contributed by atoms with Crippen molar-refractivity contribution in [3.8, 4) is 0 Å². The number of carbonyl (C=O) groups excluding carboxylic acids is 1. The molecule has 1 aliphatic carbocycles. The minimum absolute atomic E-state index is 0.0122. The number of hydrogen-bond donors (Lipinski definition) is 2. The smallest absolute Gasteiger partial charge is 0.348 e. The van der Waals surface area contributed by atoms with Gasteiger partial charge in [0.25, 0.3) is 5.91 Å². The van der Waals surface area contributed by atoms with Crippen molar-refractivity contribution in [1.82, 2.24) is 5.32 Å². The number of likely N-dealkylation sites (N-methyl/N-ethyl adjacent to an activating group) is 1. The Labute approximate surface area is 141 Å². The molecule has 1 saturated carbocycles. The average Bonchev–Trinajstić information content (AvgIpc) is 2.49. The molecule has 0 bridgehead atoms. The quantitative estimate of drug-likeness (QED) is 0.846. The van der Waals surface area contributed by atoms with E-state index in [2.05, 4.69) is 12.2 Å². The molecule has 1 aromatic carbocycles. The van der Waals surface area contributed by atoms with Crippen LogP contribution in [0.4, 0.5) is 13.2 Å². The molecule has 0 heterocycles. The summed E-state index contributed by atoms with van der Waals surface area (Å²) in [6.45, 7) is 3.01. The lowest BCUT2D eigenvalue weighted by Gasteiger charge is -2.29. The summed E-state index contributed by atoms with van der Waals surface area (Å²) in [7, 11) is 1.88. The second-order valence-electron chi connectivity index (χ2n) is 6.94. The molecule has 0 aromatic heterocycles. The highest BCUT2D eigenvalue weighted by Crippen LogP contribution is 2.29. The van der Waals surface area contributed by atoms with Crippen LogP contribution < -0.4 is 10.2 Å². The molecule has 24 heavy (non-hydrogen) atoms. The Balaban J connectivity index is 1.81. The molecular weight excluding hydrogens is 317 g/mol. The Bertz CT molecular complexity index is 542. The van der Waals surface area contributed by atoms with Gasteiger partial charge in [0.2, 0.25) is 0 Å². The number of rotatable bonds is 5. The van der Waals surface area contributed by atoms with Crippen molar-refractivity contribution in [2.45, 2.75) is 51.4 Å². The number of amides is 1. The maximum absolute atomic E-state index is 12.6. The van der Waals surface area contributed by atoms with E-state index < -0.39 is 11.7 Å². The van der Waals surface area contributed by atoms with Gasteiger partial charge in [-0.15, -0.1) is 0 Å². The van der Waals surface area contributed by atoms with Crippen LogP contribution in [0.2, 0.25) is 0 Å². The zero-order valence-corrected chi connectivity index (χ0v) is 14.2. The van der Waals surface area contributed by atoms with Crippen LogP contribution in [-0.4, -0.2) is 25.5 Å². The van der Waals surface area contributed by atoms with Gasteiger partial charge in [0.15, 0.2) is 6.54 Å². The van der Waals surface area contributed by atoms with E-state index in [0.717, 1.165) is 41.9 Å². The summed E-state index contributed by atoms with van der Waals surface area (Å²) in [5.74, 6) is 0.524. The van der Waals surface area contributed by atoms with Gasteiger partial charge < -0.3 is 10.2 Å². The van der Waals surface area contributed by atoms with Gasteiger partial charge in [-0.1, -0.05) is 31.9 Å². The molecule has 0 aliphatic heterocycles. The van der Waals surface area contributed by atoms with Crippen LogP contribution in [0.3, 0.4) is 0 Å². The third-order valence-corrected chi connectivity index (χ3v) is 4.71. The first-order chi connectivity index (χ1) is 11.3. The van der Waals surface area contributed by atoms with E-state index in [4.69, 9.17) is 0 Å². The fraction of sp³-hybridized carbons (Fsp3) is 0.611. The zero-order chi connectivity index (χ0) is 17.7. The summed E-state index contributed by atoms with van der Waals surface area (Å²) in [5.41, 5.74) is 0.146. The number of quaternary nitrogens is 1. The predicted octanol–water partition coefficient (Wildman–Crippen LogP) is 2.42. The lowest BCUT2D eigenvalue weighted by Crippen LogP contribution is -3.09. The van der Waals surface area contributed by atoms with Crippen molar-refractivity contribution >= 4 is 5.91 Å². The Morgan fingerprint density at radius 3 is 2.42 bits per heavy atom. The Hall–Kier alpha value is -1.56. The molecule has 0 spiro atoms. The molecule has 1 aromatic rings. The first kappa shape index (κ1) is 18.8. The van der Waals surface area contributed by atoms with Crippen LogP contribution >= 0.6 is 0 Å². The first-order valence-electron chi connectivity index (χ1n) is 8.52. The fourth-order valence-corrected chi connectivity index (χ4v) is 3.29. The summed E-state index contributed by atoms with van der Waals surface area (Å²) in [5, 5.41) is 3.11. The van der Waals surface area contributed by atoms with Gasteiger partial charge in [-0.25, -0.2) is 0 Å². The third kappa shape index (κ3) is 5.51. The van der Waals surface area contributed by atoms with Gasteiger partial charge >= 0.3 is 6.18 Å². The van der Waals surface area contributed by atoms with Crippen LogP contribution in [-0.2, 0) is 17.5 Å². The first-order valence-corrected chi connectivity index (χ1v) is 8.52. The lowest BCUT2D eigenvalue weighted by molar-refractivity contribution is -0.885. The van der Waals surface area contributed by atoms with E-state index >= 15 is 0 Å². The SMILES string of the molecule is C[C@H]1CCCC[C@H]1NC(=O)C[NH+](C)Cc1ccc(C(F)(F)F)cc1. The van der Waals surface area contributed by atoms with Crippen molar-refractivity contribution in [2.75, 3.05) is 13.6 Å². The van der Waals surface area contributed by atoms with Crippen LogP contribution in [0.1, 0.15) is 43.7 Å². The second-order valence-corrected chi connectivity index (χ2v) is 6.94. The molecular formula is C18H26F3N2O+. The van der Waals surface area contributed by atoms with Gasteiger partial charge in [-0.05, 0) is 30.9 Å².